The maximum Gasteiger partial charge on any atom is 0.123 e. The third-order valence-corrected chi connectivity index (χ3v) is 2.71. The van der Waals surface area contributed by atoms with Gasteiger partial charge in [-0.3, -0.25) is 0 Å². The topological polar surface area (TPSA) is 39.7 Å². The van der Waals surface area contributed by atoms with Crippen LogP contribution in [0.25, 0.3) is 0 Å². The second-order valence-corrected chi connectivity index (χ2v) is 5.09. The molecule has 0 saturated carbocycles. The van der Waals surface area contributed by atoms with Crippen LogP contribution >= 0.6 is 0 Å². The first-order valence-corrected chi connectivity index (χ1v) is 7.22. The zero-order valence-corrected chi connectivity index (χ0v) is 12.9. The van der Waals surface area contributed by atoms with Gasteiger partial charge in [0.15, 0.2) is 0 Å². The Morgan fingerprint density at radius 3 is 2.65 bits per heavy atom. The summed E-state index contributed by atoms with van der Waals surface area (Å²) >= 11 is 0. The maximum absolute atomic E-state index is 5.78. The molecule has 4 nitrogen and oxygen atoms in total. The van der Waals surface area contributed by atoms with Crippen LogP contribution in [0.3, 0.4) is 0 Å². The van der Waals surface area contributed by atoms with Crippen molar-refractivity contribution >= 4 is 0 Å². The van der Waals surface area contributed by atoms with Gasteiger partial charge >= 0.3 is 0 Å². The normalized spacial score (nSPS) is 11.0. The van der Waals surface area contributed by atoms with E-state index in [1.165, 1.54) is 0 Å². The molecule has 1 N–H and O–H groups in total. The summed E-state index contributed by atoms with van der Waals surface area (Å²) in [5.74, 6) is 1.48. The molecule has 0 aliphatic heterocycles. The lowest BCUT2D eigenvalue weighted by Gasteiger charge is -2.13. The van der Waals surface area contributed by atoms with Gasteiger partial charge in [0.1, 0.15) is 12.4 Å². The highest BCUT2D eigenvalue weighted by Crippen LogP contribution is 2.17. The summed E-state index contributed by atoms with van der Waals surface area (Å²) < 4.78 is 16.3. The molecule has 1 aromatic rings. The fourth-order valence-corrected chi connectivity index (χ4v) is 1.72. The van der Waals surface area contributed by atoms with Crippen molar-refractivity contribution in [2.45, 2.75) is 20.4 Å². The minimum absolute atomic E-state index is 0.562. The number of rotatable bonds is 11. The van der Waals surface area contributed by atoms with E-state index < -0.39 is 0 Å². The van der Waals surface area contributed by atoms with Crippen LogP contribution in [0.5, 0.6) is 5.75 Å². The molecular weight excluding hydrogens is 254 g/mol. The highest BCUT2D eigenvalue weighted by molar-refractivity contribution is 5.33. The summed E-state index contributed by atoms with van der Waals surface area (Å²) in [6.07, 6.45) is 0. The van der Waals surface area contributed by atoms with Gasteiger partial charge in [-0.05, 0) is 12.0 Å². The molecule has 0 fully saturated rings. The van der Waals surface area contributed by atoms with Crippen molar-refractivity contribution in [2.24, 2.45) is 5.92 Å². The van der Waals surface area contributed by atoms with Crippen molar-refractivity contribution in [3.05, 3.63) is 29.8 Å². The van der Waals surface area contributed by atoms with E-state index in [0.717, 1.165) is 31.0 Å². The van der Waals surface area contributed by atoms with Crippen LogP contribution in [0.1, 0.15) is 19.4 Å². The predicted octanol–water partition coefficient (Wildman–Crippen LogP) is 2.47. The first-order chi connectivity index (χ1) is 9.74. The van der Waals surface area contributed by atoms with Gasteiger partial charge in [-0.25, -0.2) is 0 Å². The van der Waals surface area contributed by atoms with Crippen LogP contribution in [0.2, 0.25) is 0 Å². The van der Waals surface area contributed by atoms with Crippen LogP contribution in [0, 0.1) is 5.92 Å². The average Bonchev–Trinajstić information content (AvgIpc) is 2.44. The van der Waals surface area contributed by atoms with Crippen molar-refractivity contribution in [3.63, 3.8) is 0 Å². The van der Waals surface area contributed by atoms with E-state index in [9.17, 15) is 0 Å². The minimum atomic E-state index is 0.562. The van der Waals surface area contributed by atoms with Gasteiger partial charge in [0, 0.05) is 32.4 Å². The molecule has 0 aliphatic rings. The predicted molar refractivity (Wildman–Crippen MR) is 81.2 cm³/mol. The molecule has 20 heavy (non-hydrogen) atoms. The summed E-state index contributed by atoms with van der Waals surface area (Å²) in [5, 5.41) is 3.32. The number of nitrogens with one attached hydrogen (secondary N) is 1. The molecule has 0 aromatic heterocycles. The molecule has 0 heterocycles. The van der Waals surface area contributed by atoms with Crippen molar-refractivity contribution in [1.29, 1.82) is 0 Å². The molecule has 0 unspecified atom stereocenters. The fourth-order valence-electron chi connectivity index (χ4n) is 1.72. The molecular formula is C16H27NO3. The lowest BCUT2D eigenvalue weighted by atomic mass is 10.2. The molecule has 0 atom stereocenters. The standard InChI is InChI=1S/C16H27NO3/c1-14(2)13-19-10-11-20-16-7-5-4-6-15(16)12-17-8-9-18-3/h4-7,14,17H,8-13H2,1-3H3. The van der Waals surface area contributed by atoms with Crippen molar-refractivity contribution in [3.8, 4) is 5.75 Å². The molecule has 0 amide bonds. The quantitative estimate of drug-likeness (QED) is 0.633. The lowest BCUT2D eigenvalue weighted by Crippen LogP contribution is -2.19. The van der Waals surface area contributed by atoms with Crippen LogP contribution in [0.4, 0.5) is 0 Å². The number of hydrogen-bond acceptors (Lipinski definition) is 4. The Bertz CT molecular complexity index is 355. The third-order valence-electron chi connectivity index (χ3n) is 2.71. The highest BCUT2D eigenvalue weighted by Gasteiger charge is 2.02. The van der Waals surface area contributed by atoms with Crippen LogP contribution < -0.4 is 10.1 Å². The van der Waals surface area contributed by atoms with E-state index in [1.807, 2.05) is 18.2 Å². The largest absolute Gasteiger partial charge is 0.491 e. The fraction of sp³-hybridized carbons (Fsp3) is 0.625. The van der Waals surface area contributed by atoms with Gasteiger partial charge in [-0.15, -0.1) is 0 Å². The lowest BCUT2D eigenvalue weighted by molar-refractivity contribution is 0.0816. The smallest absolute Gasteiger partial charge is 0.123 e. The zero-order chi connectivity index (χ0) is 14.6. The SMILES string of the molecule is COCCNCc1ccccc1OCCOCC(C)C. The Labute approximate surface area is 122 Å². The van der Waals surface area contributed by atoms with E-state index >= 15 is 0 Å². The van der Waals surface area contributed by atoms with Crippen LogP contribution in [-0.2, 0) is 16.0 Å². The van der Waals surface area contributed by atoms with E-state index in [1.54, 1.807) is 7.11 Å². The maximum atomic E-state index is 5.78. The van der Waals surface area contributed by atoms with E-state index in [-0.39, 0.29) is 0 Å². The van der Waals surface area contributed by atoms with Gasteiger partial charge in [0.25, 0.3) is 0 Å². The molecule has 0 radical (unpaired) electrons. The summed E-state index contributed by atoms with van der Waals surface area (Å²) in [4.78, 5) is 0. The average molecular weight is 281 g/mol. The number of ether oxygens (including phenoxy) is 3. The summed E-state index contributed by atoms with van der Waals surface area (Å²) in [7, 11) is 1.70. The molecule has 0 bridgehead atoms. The van der Waals surface area contributed by atoms with Crippen LogP contribution in [-0.4, -0.2) is 40.1 Å². The van der Waals surface area contributed by atoms with Gasteiger partial charge in [-0.2, -0.15) is 0 Å². The second-order valence-electron chi connectivity index (χ2n) is 5.09. The Morgan fingerprint density at radius 2 is 1.90 bits per heavy atom. The van der Waals surface area contributed by atoms with Crippen molar-refractivity contribution in [1.82, 2.24) is 5.32 Å². The van der Waals surface area contributed by atoms with Crippen molar-refractivity contribution < 1.29 is 14.2 Å². The number of para-hydroxylation sites is 1. The van der Waals surface area contributed by atoms with E-state index in [2.05, 4.69) is 25.2 Å². The summed E-state index contributed by atoms with van der Waals surface area (Å²) in [6, 6.07) is 8.08. The molecule has 0 saturated heterocycles. The van der Waals surface area contributed by atoms with E-state index in [0.29, 0.717) is 25.7 Å². The van der Waals surface area contributed by atoms with Crippen molar-refractivity contribution in [2.75, 3.05) is 40.1 Å². The van der Waals surface area contributed by atoms with Gasteiger partial charge in [-0.1, -0.05) is 32.0 Å². The van der Waals surface area contributed by atoms with E-state index in [4.69, 9.17) is 14.2 Å². The Balaban J connectivity index is 2.29. The Kier molecular flexibility index (Phi) is 9.04. The molecule has 1 aromatic carbocycles. The molecule has 0 aliphatic carbocycles. The van der Waals surface area contributed by atoms with Gasteiger partial charge < -0.3 is 19.5 Å². The first-order valence-electron chi connectivity index (χ1n) is 7.22. The Hall–Kier alpha value is -1.10. The Morgan fingerprint density at radius 1 is 1.10 bits per heavy atom. The van der Waals surface area contributed by atoms with Gasteiger partial charge in [0.05, 0.1) is 13.2 Å². The zero-order valence-electron chi connectivity index (χ0n) is 12.9. The first kappa shape index (κ1) is 17.0. The van der Waals surface area contributed by atoms with Gasteiger partial charge in [0.2, 0.25) is 0 Å². The summed E-state index contributed by atoms with van der Waals surface area (Å²) in [5.41, 5.74) is 1.16. The van der Waals surface area contributed by atoms with Crippen LogP contribution in [0.15, 0.2) is 24.3 Å². The monoisotopic (exact) mass is 281 g/mol. The molecule has 114 valence electrons. The third kappa shape index (κ3) is 7.48. The minimum Gasteiger partial charge on any atom is -0.491 e. The number of methoxy groups -OCH3 is 1. The molecule has 1 rings (SSSR count). The molecule has 0 spiro atoms. The second kappa shape index (κ2) is 10.7. The summed E-state index contributed by atoms with van der Waals surface area (Å²) in [6.45, 7) is 8.61. The number of benzene rings is 1. The molecule has 4 heteroatoms. The highest BCUT2D eigenvalue weighted by atomic mass is 16.5. The number of hydrogen-bond donors (Lipinski definition) is 1.